The molecule has 2 aromatic carbocycles. The molecule has 3 unspecified atom stereocenters. The minimum Gasteiger partial charge on any atom is -0.369 e. The number of nitrogens with zero attached hydrogens (tertiary/aromatic N) is 7. The molecule has 4 aromatic heterocycles. The van der Waals surface area contributed by atoms with Gasteiger partial charge in [-0.05, 0) is 136 Å². The molecule has 2 aliphatic carbocycles. The molecule has 4 heterocycles. The average molecular weight is 799 g/mol. The second-order valence-electron chi connectivity index (χ2n) is 15.3. The summed E-state index contributed by atoms with van der Waals surface area (Å²) in [5.41, 5.74) is 7.01. The van der Waals surface area contributed by atoms with Gasteiger partial charge >= 0.3 is 11.4 Å². The van der Waals surface area contributed by atoms with Gasteiger partial charge in [-0.1, -0.05) is 12.1 Å². The zero-order valence-corrected chi connectivity index (χ0v) is 34.7. The molecule has 0 spiro atoms. The number of amides is 1. The molecule has 300 valence electrons. The topological polar surface area (TPSA) is 152 Å². The Balaban J connectivity index is 1.15. The van der Waals surface area contributed by atoms with Crippen LogP contribution in [0.15, 0.2) is 76.6 Å². The minimum absolute atomic E-state index is 0.0143. The van der Waals surface area contributed by atoms with Crippen molar-refractivity contribution in [1.82, 2.24) is 38.7 Å². The molecule has 58 heavy (non-hydrogen) atoms. The highest BCUT2D eigenvalue weighted by Gasteiger charge is 2.40. The summed E-state index contributed by atoms with van der Waals surface area (Å²) < 4.78 is 5.58. The van der Waals surface area contributed by atoms with Crippen molar-refractivity contribution in [3.05, 3.63) is 116 Å². The van der Waals surface area contributed by atoms with Gasteiger partial charge in [0.25, 0.3) is 0 Å². The largest absolute Gasteiger partial charge is 0.369 e. The number of pyridine rings is 2. The standard InChI is InChI=1S/C44H50N10O3S/c1-7-58(52(5)6)20-19-48-42-32-14-12-29(28-10-11-28)21-38(32)54(44(57)51-42)37-23-31(25-49-27(37)3)35-24-34(35)30-13-15-33-39(22-30)53(36-9-8-17-46-26(36)2)43(56)50-41(33)47-18-16-40(55)45-4/h7-9,12-15,17,21-23,25,28,34-35H,10-11,16,18-20,24H2,1-6H3,(H,45,55)(H,47,50,56)(H,48,51,57). The Labute approximate surface area is 340 Å². The maximum Gasteiger partial charge on any atom is 0.354 e. The van der Waals surface area contributed by atoms with E-state index in [0.29, 0.717) is 47.5 Å². The molecule has 3 atom stereocenters. The summed E-state index contributed by atoms with van der Waals surface area (Å²) in [6.45, 7) is 6.93. The molecule has 8 rings (SSSR count). The van der Waals surface area contributed by atoms with Crippen molar-refractivity contribution in [2.45, 2.75) is 64.2 Å². The van der Waals surface area contributed by atoms with Crippen LogP contribution >= 0.6 is 10.7 Å². The van der Waals surface area contributed by atoms with Gasteiger partial charge in [0.2, 0.25) is 5.91 Å². The van der Waals surface area contributed by atoms with Crippen LogP contribution in [0.3, 0.4) is 0 Å². The van der Waals surface area contributed by atoms with Crippen LogP contribution in [0.2, 0.25) is 0 Å². The summed E-state index contributed by atoms with van der Waals surface area (Å²) in [5, 5.41) is 13.2. The SMILES string of the molecule is C/C=S(/CCNc1nc(=O)n(-c2cc(C3CC3c3ccc4c(NCCC(=O)NC)nc(=O)n(-c5cccnc5C)c4c3)cnc2C)c2cc(C3CC3)ccc12)N(C)C. The minimum atomic E-state index is -0.433. The Kier molecular flexibility index (Phi) is 11.0. The highest BCUT2D eigenvalue weighted by atomic mass is 32.2. The average Bonchev–Trinajstić information content (AvgIpc) is 4.15. The predicted octanol–water partition coefficient (Wildman–Crippen LogP) is 6.17. The summed E-state index contributed by atoms with van der Waals surface area (Å²) in [5.74, 6) is 2.70. The van der Waals surface area contributed by atoms with Crippen LogP contribution in [0, 0.1) is 13.8 Å². The Hall–Kier alpha value is -5.73. The van der Waals surface area contributed by atoms with Crippen molar-refractivity contribution in [2.24, 2.45) is 0 Å². The molecule has 0 saturated heterocycles. The van der Waals surface area contributed by atoms with Crippen LogP contribution in [-0.4, -0.2) is 84.6 Å². The van der Waals surface area contributed by atoms with E-state index in [1.807, 2.05) is 38.2 Å². The number of fused-ring (bicyclic) bond motifs is 2. The summed E-state index contributed by atoms with van der Waals surface area (Å²) >= 11 is 0. The zero-order valence-electron chi connectivity index (χ0n) is 33.9. The number of hydrogen-bond donors (Lipinski definition) is 3. The van der Waals surface area contributed by atoms with Crippen LogP contribution in [0.4, 0.5) is 11.6 Å². The molecular weight excluding hydrogens is 749 g/mol. The molecule has 0 aliphatic heterocycles. The quantitative estimate of drug-likeness (QED) is 0.109. The van der Waals surface area contributed by atoms with E-state index in [9.17, 15) is 14.4 Å². The Bertz CT molecular complexity index is 2720. The number of nitrogens with one attached hydrogen (secondary N) is 3. The van der Waals surface area contributed by atoms with Crippen molar-refractivity contribution in [1.29, 1.82) is 0 Å². The lowest BCUT2D eigenvalue weighted by atomic mass is 10.0. The van der Waals surface area contributed by atoms with E-state index in [1.54, 1.807) is 22.4 Å². The Morgan fingerprint density at radius 1 is 0.828 bits per heavy atom. The second kappa shape index (κ2) is 16.3. The first-order valence-electron chi connectivity index (χ1n) is 19.9. The highest BCUT2D eigenvalue weighted by molar-refractivity contribution is 8.12. The zero-order chi connectivity index (χ0) is 40.7. The molecule has 3 N–H and O–H groups in total. The lowest BCUT2D eigenvalue weighted by Crippen LogP contribution is -2.26. The third-order valence-electron chi connectivity index (χ3n) is 11.3. The van der Waals surface area contributed by atoms with Crippen molar-refractivity contribution in [3.63, 3.8) is 0 Å². The fourth-order valence-corrected chi connectivity index (χ4v) is 9.27. The summed E-state index contributed by atoms with van der Waals surface area (Å²) in [6, 6.07) is 18.4. The number of anilines is 2. The van der Waals surface area contributed by atoms with Gasteiger partial charge < -0.3 is 16.0 Å². The number of aryl methyl sites for hydroxylation is 2. The van der Waals surface area contributed by atoms with Crippen LogP contribution in [0.25, 0.3) is 33.2 Å². The first kappa shape index (κ1) is 39.1. The first-order chi connectivity index (χ1) is 28.1. The summed E-state index contributed by atoms with van der Waals surface area (Å²) in [4.78, 5) is 58.1. The van der Waals surface area contributed by atoms with Gasteiger partial charge in [-0.3, -0.25) is 28.2 Å². The fraction of sp³-hybridized carbons (Fsp3) is 0.364. The predicted molar refractivity (Wildman–Crippen MR) is 235 cm³/mol. The molecule has 2 saturated carbocycles. The lowest BCUT2D eigenvalue weighted by molar-refractivity contribution is -0.120. The maximum atomic E-state index is 14.1. The second-order valence-corrected chi connectivity index (χ2v) is 17.8. The van der Waals surface area contributed by atoms with E-state index in [4.69, 9.17) is 4.98 Å². The van der Waals surface area contributed by atoms with Crippen molar-refractivity contribution < 1.29 is 4.79 Å². The highest BCUT2D eigenvalue weighted by Crippen LogP contribution is 2.55. The molecule has 2 aliphatic rings. The molecule has 0 radical (unpaired) electrons. The van der Waals surface area contributed by atoms with Crippen molar-refractivity contribution >= 4 is 55.4 Å². The van der Waals surface area contributed by atoms with Gasteiger partial charge in [0.1, 0.15) is 11.6 Å². The Morgan fingerprint density at radius 3 is 2.09 bits per heavy atom. The number of hydrogen-bond acceptors (Lipinski definition) is 10. The van der Waals surface area contributed by atoms with Gasteiger partial charge in [0.15, 0.2) is 0 Å². The number of rotatable bonds is 14. The van der Waals surface area contributed by atoms with E-state index < -0.39 is 5.69 Å². The molecule has 2 fully saturated rings. The molecule has 6 aromatic rings. The smallest absolute Gasteiger partial charge is 0.354 e. The summed E-state index contributed by atoms with van der Waals surface area (Å²) in [6.07, 6.45) is 7.08. The van der Waals surface area contributed by atoms with E-state index in [-0.39, 0.29) is 40.5 Å². The maximum absolute atomic E-state index is 14.1. The van der Waals surface area contributed by atoms with Crippen LogP contribution in [-0.2, 0) is 4.79 Å². The lowest BCUT2D eigenvalue weighted by Gasteiger charge is -2.19. The number of aromatic nitrogens is 6. The molecule has 13 nitrogen and oxygen atoms in total. The van der Waals surface area contributed by atoms with Crippen molar-refractivity contribution in [3.8, 4) is 11.4 Å². The number of benzene rings is 2. The third-order valence-corrected chi connectivity index (χ3v) is 13.4. The van der Waals surface area contributed by atoms with Gasteiger partial charge in [0, 0.05) is 55.5 Å². The van der Waals surface area contributed by atoms with E-state index in [2.05, 4.69) is 98.0 Å². The number of carbonyl (C=O) groups is 1. The van der Waals surface area contributed by atoms with E-state index in [1.165, 1.54) is 5.56 Å². The molecular formula is C44H50N10O3S. The van der Waals surface area contributed by atoms with Crippen LogP contribution in [0.1, 0.15) is 78.4 Å². The van der Waals surface area contributed by atoms with Crippen molar-refractivity contribution in [2.75, 3.05) is 50.6 Å². The van der Waals surface area contributed by atoms with Gasteiger partial charge in [-0.15, -0.1) is 10.7 Å². The molecule has 14 heteroatoms. The fourth-order valence-electron chi connectivity index (χ4n) is 7.94. The molecule has 0 bridgehead atoms. The summed E-state index contributed by atoms with van der Waals surface area (Å²) in [7, 11) is 5.78. The Morgan fingerprint density at radius 2 is 1.45 bits per heavy atom. The van der Waals surface area contributed by atoms with E-state index in [0.717, 1.165) is 63.8 Å². The normalized spacial score (nSPS) is 16.9. The molecule has 1 amide bonds. The number of carbonyl (C=O) groups excluding carboxylic acids is 1. The first-order valence-corrected chi connectivity index (χ1v) is 21.3. The van der Waals surface area contributed by atoms with Crippen LogP contribution < -0.4 is 27.3 Å². The van der Waals surface area contributed by atoms with Gasteiger partial charge in [-0.2, -0.15) is 9.97 Å². The third kappa shape index (κ3) is 7.78. The van der Waals surface area contributed by atoms with E-state index >= 15 is 0 Å². The monoisotopic (exact) mass is 798 g/mol. The van der Waals surface area contributed by atoms with Crippen LogP contribution in [0.5, 0.6) is 0 Å². The van der Waals surface area contributed by atoms with Gasteiger partial charge in [-0.25, -0.2) is 9.59 Å². The van der Waals surface area contributed by atoms with Gasteiger partial charge in [0.05, 0.1) is 33.8 Å².